The molecule has 2 aliphatic rings. The Morgan fingerprint density at radius 2 is 1.98 bits per heavy atom. The molecule has 0 spiro atoms. The smallest absolute Gasteiger partial charge is 0.407 e. The fourth-order valence-electron chi connectivity index (χ4n) is 5.68. The first-order valence-electron chi connectivity index (χ1n) is 14.3. The predicted molar refractivity (Wildman–Crippen MR) is 159 cm³/mol. The van der Waals surface area contributed by atoms with E-state index >= 15 is 0 Å². The number of likely N-dealkylation sites (tertiary alicyclic amines) is 1. The summed E-state index contributed by atoms with van der Waals surface area (Å²) in [6.45, 7) is 10.0. The number of halogens is 1. The Kier molecular flexibility index (Phi) is 10.3. The highest BCUT2D eigenvalue weighted by molar-refractivity contribution is 9.10. The number of amides is 2. The van der Waals surface area contributed by atoms with Gasteiger partial charge in [0, 0.05) is 27.9 Å². The highest BCUT2D eigenvalue weighted by atomic mass is 79.9. The third kappa shape index (κ3) is 7.78. The molecule has 1 aromatic heterocycles. The van der Waals surface area contributed by atoms with Gasteiger partial charge in [0.25, 0.3) is 0 Å². The number of allylic oxidation sites excluding steroid dienone is 1. The number of nitrogens with zero attached hydrogens (tertiary/aromatic N) is 2. The van der Waals surface area contributed by atoms with Crippen LogP contribution in [-0.2, 0) is 19.1 Å². The van der Waals surface area contributed by atoms with Gasteiger partial charge < -0.3 is 24.4 Å². The number of benzene rings is 1. The van der Waals surface area contributed by atoms with Crippen molar-refractivity contribution in [2.45, 2.75) is 77.5 Å². The predicted octanol–water partition coefficient (Wildman–Crippen LogP) is 5.80. The molecule has 10 heteroatoms. The molecule has 0 unspecified atom stereocenters. The quantitative estimate of drug-likeness (QED) is 0.247. The number of carbonyl (C=O) groups excluding carboxylic acids is 3. The number of hydrogen-bond donors (Lipinski definition) is 1. The lowest BCUT2D eigenvalue weighted by Crippen LogP contribution is -2.55. The van der Waals surface area contributed by atoms with E-state index in [1.807, 2.05) is 38.1 Å². The summed E-state index contributed by atoms with van der Waals surface area (Å²) >= 11 is 3.50. The Labute approximate surface area is 250 Å². The van der Waals surface area contributed by atoms with E-state index in [0.29, 0.717) is 12.3 Å². The van der Waals surface area contributed by atoms with Crippen LogP contribution >= 0.6 is 15.9 Å². The zero-order chi connectivity index (χ0) is 29.6. The minimum Gasteiger partial charge on any atom is -0.472 e. The summed E-state index contributed by atoms with van der Waals surface area (Å²) in [5.41, 5.74) is -0.272. The van der Waals surface area contributed by atoms with Gasteiger partial charge in [0.05, 0.1) is 19.8 Å². The number of carbonyl (C=O) groups is 3. The summed E-state index contributed by atoms with van der Waals surface area (Å²) in [6.07, 6.45) is 6.86. The van der Waals surface area contributed by atoms with Crippen LogP contribution in [-0.4, -0.2) is 65.8 Å². The SMILES string of the molecule is C=CCC(C)(C)COC(=O)N[C@H](C(=O)N1C[C@H](Oc2nccc3ccc(Br)cc23)C[C@H]1C(=O)OCC)C1CCCC1. The molecule has 1 aromatic carbocycles. The first-order valence-corrected chi connectivity index (χ1v) is 15.1. The monoisotopic (exact) mass is 629 g/mol. The molecule has 2 amide bonds. The average Bonchev–Trinajstić information content (AvgIpc) is 3.61. The number of fused-ring (bicyclic) bond motifs is 1. The maximum Gasteiger partial charge on any atom is 0.407 e. The minimum absolute atomic E-state index is 0.0452. The first kappa shape index (κ1) is 30.8. The van der Waals surface area contributed by atoms with E-state index < -0.39 is 30.3 Å². The summed E-state index contributed by atoms with van der Waals surface area (Å²) in [4.78, 5) is 46.0. The molecule has 0 bridgehead atoms. The van der Waals surface area contributed by atoms with Crippen molar-refractivity contribution in [3.05, 3.63) is 47.6 Å². The van der Waals surface area contributed by atoms with Crippen molar-refractivity contribution in [2.75, 3.05) is 19.8 Å². The summed E-state index contributed by atoms with van der Waals surface area (Å²) in [5.74, 6) is -0.422. The number of ether oxygens (including phenoxy) is 3. The second-order valence-corrected chi connectivity index (χ2v) is 12.5. The molecule has 1 saturated heterocycles. The van der Waals surface area contributed by atoms with Crippen LogP contribution in [0.3, 0.4) is 0 Å². The third-order valence-electron chi connectivity index (χ3n) is 7.78. The van der Waals surface area contributed by atoms with Crippen molar-refractivity contribution >= 4 is 44.7 Å². The molecule has 1 aliphatic heterocycles. The molecule has 222 valence electrons. The standard InChI is InChI=1S/C31H40BrN3O6/c1-5-14-31(3,4)19-40-30(38)34-26(21-9-7-8-10-21)28(36)35-18-23(17-25(35)29(37)39-6-2)41-27-24-16-22(32)12-11-20(24)13-15-33-27/h5,11-13,15-16,21,23,25-26H,1,6-10,14,17-19H2,2-4H3,(H,34,38)/t23-,25+,26+/m1/s1. The summed E-state index contributed by atoms with van der Waals surface area (Å²) in [7, 11) is 0. The van der Waals surface area contributed by atoms with Crippen LogP contribution in [0.2, 0.25) is 0 Å². The molecule has 4 rings (SSSR count). The van der Waals surface area contributed by atoms with Crippen LogP contribution in [0.4, 0.5) is 4.79 Å². The number of nitrogens with one attached hydrogen (secondary N) is 1. The fraction of sp³-hybridized carbons (Fsp3) is 0.548. The highest BCUT2D eigenvalue weighted by Gasteiger charge is 2.46. The van der Waals surface area contributed by atoms with E-state index in [9.17, 15) is 14.4 Å². The molecule has 1 saturated carbocycles. The Bertz CT molecular complexity index is 1260. The van der Waals surface area contributed by atoms with E-state index in [0.717, 1.165) is 40.9 Å². The second kappa shape index (κ2) is 13.7. The van der Waals surface area contributed by atoms with Gasteiger partial charge in [-0.2, -0.15) is 0 Å². The lowest BCUT2D eigenvalue weighted by molar-refractivity contribution is -0.154. The van der Waals surface area contributed by atoms with Crippen LogP contribution in [0.1, 0.15) is 59.3 Å². The summed E-state index contributed by atoms with van der Waals surface area (Å²) in [5, 5.41) is 4.64. The van der Waals surface area contributed by atoms with Crippen molar-refractivity contribution in [3.8, 4) is 5.88 Å². The zero-order valence-corrected chi connectivity index (χ0v) is 25.7. The van der Waals surface area contributed by atoms with Crippen LogP contribution in [0.5, 0.6) is 5.88 Å². The maximum atomic E-state index is 14.1. The van der Waals surface area contributed by atoms with Gasteiger partial charge >= 0.3 is 12.1 Å². The summed E-state index contributed by atoms with van der Waals surface area (Å²) < 4.78 is 18.1. The van der Waals surface area contributed by atoms with Gasteiger partial charge in [-0.05, 0) is 55.7 Å². The van der Waals surface area contributed by atoms with Gasteiger partial charge in [0.1, 0.15) is 18.2 Å². The molecule has 2 heterocycles. The Hall–Kier alpha value is -3.14. The van der Waals surface area contributed by atoms with Gasteiger partial charge in [0.2, 0.25) is 11.8 Å². The molecule has 0 radical (unpaired) electrons. The number of pyridine rings is 1. The Morgan fingerprint density at radius 1 is 1.22 bits per heavy atom. The van der Waals surface area contributed by atoms with Crippen LogP contribution in [0.15, 0.2) is 47.6 Å². The van der Waals surface area contributed by atoms with Gasteiger partial charge in [-0.15, -0.1) is 6.58 Å². The van der Waals surface area contributed by atoms with Crippen LogP contribution in [0, 0.1) is 11.3 Å². The molecule has 2 fully saturated rings. The minimum atomic E-state index is -0.831. The molecule has 1 N–H and O–H groups in total. The first-order chi connectivity index (χ1) is 19.6. The van der Waals surface area contributed by atoms with Crippen LogP contribution < -0.4 is 10.1 Å². The van der Waals surface area contributed by atoms with Gasteiger partial charge in [-0.1, -0.05) is 54.8 Å². The lowest BCUT2D eigenvalue weighted by Gasteiger charge is -2.31. The van der Waals surface area contributed by atoms with Gasteiger partial charge in [0.15, 0.2) is 0 Å². The second-order valence-electron chi connectivity index (χ2n) is 11.6. The van der Waals surface area contributed by atoms with E-state index in [-0.39, 0.29) is 43.4 Å². The highest BCUT2D eigenvalue weighted by Crippen LogP contribution is 2.33. The van der Waals surface area contributed by atoms with E-state index in [4.69, 9.17) is 14.2 Å². The third-order valence-corrected chi connectivity index (χ3v) is 8.27. The van der Waals surface area contributed by atoms with Gasteiger partial charge in [-0.3, -0.25) is 4.79 Å². The number of rotatable bonds is 11. The largest absolute Gasteiger partial charge is 0.472 e. The van der Waals surface area contributed by atoms with Crippen molar-refractivity contribution in [1.82, 2.24) is 15.2 Å². The lowest BCUT2D eigenvalue weighted by atomic mass is 9.91. The number of aromatic nitrogens is 1. The number of hydrogen-bond acceptors (Lipinski definition) is 7. The fourth-order valence-corrected chi connectivity index (χ4v) is 6.04. The average molecular weight is 631 g/mol. The molecule has 41 heavy (non-hydrogen) atoms. The Balaban J connectivity index is 1.54. The topological polar surface area (TPSA) is 107 Å². The molecule has 2 aromatic rings. The van der Waals surface area contributed by atoms with E-state index in [2.05, 4.69) is 32.8 Å². The van der Waals surface area contributed by atoms with Gasteiger partial charge in [-0.25, -0.2) is 14.6 Å². The van der Waals surface area contributed by atoms with Crippen molar-refractivity contribution < 1.29 is 28.6 Å². The molecule has 3 atom stereocenters. The molecule has 9 nitrogen and oxygen atoms in total. The molecular weight excluding hydrogens is 590 g/mol. The number of esters is 1. The normalized spacial score (nSPS) is 20.0. The number of alkyl carbamates (subject to hydrolysis) is 1. The zero-order valence-electron chi connectivity index (χ0n) is 24.1. The maximum absolute atomic E-state index is 14.1. The van der Waals surface area contributed by atoms with E-state index in [1.54, 1.807) is 19.2 Å². The van der Waals surface area contributed by atoms with Crippen molar-refractivity contribution in [3.63, 3.8) is 0 Å². The molecule has 1 aliphatic carbocycles. The molecular formula is C31H40BrN3O6. The van der Waals surface area contributed by atoms with Crippen molar-refractivity contribution in [1.29, 1.82) is 0 Å². The summed E-state index contributed by atoms with van der Waals surface area (Å²) in [6, 6.07) is 6.10. The van der Waals surface area contributed by atoms with Crippen LogP contribution in [0.25, 0.3) is 10.8 Å². The van der Waals surface area contributed by atoms with E-state index in [1.165, 1.54) is 4.90 Å². The Morgan fingerprint density at radius 3 is 2.68 bits per heavy atom. The van der Waals surface area contributed by atoms with Crippen molar-refractivity contribution in [2.24, 2.45) is 11.3 Å².